The van der Waals surface area contributed by atoms with E-state index in [0.717, 1.165) is 10.7 Å². The van der Waals surface area contributed by atoms with E-state index >= 15 is 0 Å². The van der Waals surface area contributed by atoms with Crippen LogP contribution in [0.1, 0.15) is 55.8 Å². The van der Waals surface area contributed by atoms with Crippen LogP contribution >= 0.6 is 34.5 Å². The Morgan fingerprint density at radius 1 is 1.21 bits per heavy atom. The number of thiazole rings is 1. The maximum Gasteiger partial charge on any atom is 1.00 e. The fraction of sp³-hybridized carbons (Fsp3) is 0.360. The summed E-state index contributed by atoms with van der Waals surface area (Å²) in [6, 6.07) is 6.56. The van der Waals surface area contributed by atoms with Gasteiger partial charge in [0.05, 0.1) is 27.9 Å². The van der Waals surface area contributed by atoms with Crippen molar-refractivity contribution in [3.8, 4) is 0 Å². The van der Waals surface area contributed by atoms with Gasteiger partial charge in [-0.25, -0.2) is 14.6 Å². The Hall–Kier alpha value is -2.48. The van der Waals surface area contributed by atoms with Crippen LogP contribution in [-0.2, 0) is 11.2 Å². The van der Waals surface area contributed by atoms with Crippen LogP contribution in [0.3, 0.4) is 0 Å². The van der Waals surface area contributed by atoms with Crippen molar-refractivity contribution in [2.45, 2.75) is 26.3 Å². The number of aromatic carboxylic acids is 1. The number of carbonyl (C=O) groups is 3. The number of carboxylic acids is 1. The van der Waals surface area contributed by atoms with Crippen molar-refractivity contribution in [1.82, 2.24) is 15.3 Å². The van der Waals surface area contributed by atoms with Gasteiger partial charge in [0.1, 0.15) is 10.6 Å². The second-order valence-corrected chi connectivity index (χ2v) is 10.9. The number of benzene rings is 1. The smallest absolute Gasteiger partial charge is 1.00 e. The average molecular weight is 571 g/mol. The SMILES string of the molecule is CCOC(=O)c1sc(N2C[C@@H]3C(NC(=O)c4[nH]c(C)c(Cl)c4Cl)[C@@H]3C2)nc1Cc1ccc(C(=O)O)cc1.[H-].[Li+]. The number of amides is 1. The molecule has 1 saturated carbocycles. The minimum absolute atomic E-state index is 0. The molecule has 2 aliphatic rings. The normalized spacial score (nSPS) is 19.5. The van der Waals surface area contributed by atoms with Gasteiger partial charge in [0.2, 0.25) is 0 Å². The molecule has 2 aromatic heterocycles. The molecule has 3 atom stereocenters. The first-order valence-corrected chi connectivity index (χ1v) is 13.3. The monoisotopic (exact) mass is 570 g/mol. The molecule has 5 rings (SSSR count). The third-order valence-electron chi connectivity index (χ3n) is 6.76. The third-order valence-corrected chi connectivity index (χ3v) is 8.85. The summed E-state index contributed by atoms with van der Waals surface area (Å²) in [5.74, 6) is -1.14. The number of carbonyl (C=O) groups excluding carboxylic acids is 2. The number of anilines is 1. The van der Waals surface area contributed by atoms with Crippen LogP contribution in [0.5, 0.6) is 0 Å². The molecule has 1 aromatic carbocycles. The van der Waals surface area contributed by atoms with Crippen molar-refractivity contribution in [1.29, 1.82) is 0 Å². The Bertz CT molecular complexity index is 1390. The summed E-state index contributed by atoms with van der Waals surface area (Å²) < 4.78 is 5.25. The molecular weight excluding hydrogens is 546 g/mol. The van der Waals surface area contributed by atoms with E-state index in [2.05, 4.69) is 15.2 Å². The van der Waals surface area contributed by atoms with E-state index in [1.54, 1.807) is 26.0 Å². The summed E-state index contributed by atoms with van der Waals surface area (Å²) >= 11 is 13.6. The van der Waals surface area contributed by atoms with Crippen molar-refractivity contribution in [2.75, 3.05) is 24.6 Å². The number of fused-ring (bicyclic) bond motifs is 1. The number of ether oxygens (including phenoxy) is 1. The molecule has 0 radical (unpaired) electrons. The second-order valence-electron chi connectivity index (χ2n) is 9.16. The standard InChI is InChI=1S/C25H24Cl2N4O5S.Li.H/c1-3-36-24(35)21-16(8-12-4-6-13(7-5-12)23(33)34)29-25(37-21)31-9-14-15(10-31)19(14)30-22(32)20-18(27)17(26)11(2)28-20;;/h4-7,14-15,19,28H,3,8-10H2,1-2H3,(H,30,32)(H,33,34);;/q;+1;-1/t14-,15+,19?;;. The van der Waals surface area contributed by atoms with E-state index in [9.17, 15) is 14.4 Å². The molecule has 1 saturated heterocycles. The first-order chi connectivity index (χ1) is 17.7. The van der Waals surface area contributed by atoms with Crippen molar-refractivity contribution in [3.05, 3.63) is 67.4 Å². The van der Waals surface area contributed by atoms with Gasteiger partial charge >= 0.3 is 30.8 Å². The van der Waals surface area contributed by atoms with E-state index < -0.39 is 11.9 Å². The third kappa shape index (κ3) is 5.47. The van der Waals surface area contributed by atoms with Gasteiger partial charge in [0.15, 0.2) is 5.13 Å². The van der Waals surface area contributed by atoms with E-state index in [1.165, 1.54) is 23.5 Å². The number of H-pyrrole nitrogens is 1. The Morgan fingerprint density at radius 3 is 2.42 bits per heavy atom. The zero-order valence-electron chi connectivity index (χ0n) is 22.0. The number of rotatable bonds is 8. The average Bonchev–Trinajstić information content (AvgIpc) is 3.22. The molecule has 196 valence electrons. The molecule has 1 aliphatic heterocycles. The number of carboxylic acid groups (broad SMARTS) is 1. The van der Waals surface area contributed by atoms with Crippen LogP contribution in [0.4, 0.5) is 5.13 Å². The zero-order chi connectivity index (χ0) is 26.4. The zero-order valence-corrected chi connectivity index (χ0v) is 23.3. The van der Waals surface area contributed by atoms with Crippen molar-refractivity contribution in [3.63, 3.8) is 0 Å². The van der Waals surface area contributed by atoms with Gasteiger partial charge < -0.3 is 26.5 Å². The summed E-state index contributed by atoms with van der Waals surface area (Å²) in [4.78, 5) is 46.7. The van der Waals surface area contributed by atoms with E-state index in [1.807, 2.05) is 0 Å². The van der Waals surface area contributed by atoms with E-state index in [4.69, 9.17) is 38.0 Å². The fourth-order valence-corrected chi connectivity index (χ4v) is 6.17. The Balaban J connectivity index is 0.00000210. The van der Waals surface area contributed by atoms with Crippen LogP contribution in [0.25, 0.3) is 0 Å². The molecule has 3 N–H and O–H groups in total. The van der Waals surface area contributed by atoms with Crippen molar-refractivity contribution in [2.24, 2.45) is 11.8 Å². The number of esters is 1. The summed E-state index contributed by atoms with van der Waals surface area (Å²) in [5.41, 5.74) is 2.56. The Morgan fingerprint density at radius 2 is 1.87 bits per heavy atom. The maximum atomic E-state index is 12.7. The topological polar surface area (TPSA) is 125 Å². The summed E-state index contributed by atoms with van der Waals surface area (Å²) in [6.45, 7) is 5.17. The minimum Gasteiger partial charge on any atom is -1.00 e. The Labute approximate surface area is 246 Å². The number of aryl methyl sites for hydroxylation is 1. The van der Waals surface area contributed by atoms with Gasteiger partial charge in [-0.2, -0.15) is 0 Å². The number of aromatic amines is 1. The molecule has 0 spiro atoms. The first kappa shape index (κ1) is 28.5. The number of halogens is 2. The molecule has 1 aliphatic carbocycles. The summed E-state index contributed by atoms with van der Waals surface area (Å²) in [7, 11) is 0. The van der Waals surface area contributed by atoms with Gasteiger partial charge in [-0.3, -0.25) is 4.79 Å². The molecule has 1 unspecified atom stereocenters. The van der Waals surface area contributed by atoms with Crippen LogP contribution < -0.4 is 29.1 Å². The van der Waals surface area contributed by atoms with E-state index in [-0.39, 0.29) is 67.0 Å². The van der Waals surface area contributed by atoms with Gasteiger partial charge in [0, 0.05) is 43.1 Å². The molecule has 2 fully saturated rings. The molecule has 3 aromatic rings. The van der Waals surface area contributed by atoms with Gasteiger partial charge in [-0.05, 0) is 31.5 Å². The first-order valence-electron chi connectivity index (χ1n) is 11.8. The summed E-state index contributed by atoms with van der Waals surface area (Å²) in [5, 5.41) is 13.5. The number of piperidine rings is 1. The van der Waals surface area contributed by atoms with Crippen LogP contribution in [0, 0.1) is 18.8 Å². The van der Waals surface area contributed by atoms with Crippen LogP contribution in [0.2, 0.25) is 10.0 Å². The minimum atomic E-state index is -0.994. The number of aromatic nitrogens is 2. The van der Waals surface area contributed by atoms with Crippen molar-refractivity contribution >= 4 is 57.5 Å². The largest absolute Gasteiger partial charge is 1.00 e. The molecular formula is C25H25Cl2LiN4O5S. The molecule has 38 heavy (non-hydrogen) atoms. The molecule has 9 nitrogen and oxygen atoms in total. The maximum absolute atomic E-state index is 12.7. The molecule has 1 amide bonds. The molecule has 13 heteroatoms. The number of hydrogen-bond acceptors (Lipinski definition) is 7. The molecule has 0 bridgehead atoms. The van der Waals surface area contributed by atoms with E-state index in [0.29, 0.717) is 40.8 Å². The number of nitrogens with one attached hydrogen (secondary N) is 2. The van der Waals surface area contributed by atoms with Gasteiger partial charge in [-0.1, -0.05) is 46.7 Å². The van der Waals surface area contributed by atoms with Gasteiger partial charge in [-0.15, -0.1) is 0 Å². The number of nitrogens with zero attached hydrogens (tertiary/aromatic N) is 2. The van der Waals surface area contributed by atoms with Crippen LogP contribution in [-0.4, -0.2) is 58.7 Å². The Kier molecular flexibility index (Phi) is 8.50. The fourth-order valence-electron chi connectivity index (χ4n) is 4.76. The predicted molar refractivity (Wildman–Crippen MR) is 141 cm³/mol. The molecule has 3 heterocycles. The van der Waals surface area contributed by atoms with Crippen molar-refractivity contribution < 1.29 is 44.5 Å². The predicted octanol–water partition coefficient (Wildman–Crippen LogP) is 1.53. The van der Waals surface area contributed by atoms with Crippen LogP contribution in [0.15, 0.2) is 24.3 Å². The second kappa shape index (κ2) is 11.3. The summed E-state index contributed by atoms with van der Waals surface area (Å²) in [6.07, 6.45) is 0.378. The van der Waals surface area contributed by atoms with Gasteiger partial charge in [0.25, 0.3) is 5.91 Å². The number of hydrogen-bond donors (Lipinski definition) is 3. The quantitative estimate of drug-likeness (QED) is 0.277.